The predicted octanol–water partition coefficient (Wildman–Crippen LogP) is 2.23. The molecule has 1 aromatic carbocycles. The fraction of sp³-hybridized carbons (Fsp3) is 0.571. The number of carboxylic acid groups (broad SMARTS) is 2. The minimum atomic E-state index is -1.31. The Morgan fingerprint density at radius 3 is 2.21 bits per heavy atom. The molecule has 0 heterocycles. The first-order valence-electron chi connectivity index (χ1n) is 9.48. The van der Waals surface area contributed by atoms with Crippen molar-refractivity contribution in [2.24, 2.45) is 11.1 Å². The number of hydrogen-bond donors (Lipinski definition) is 4. The lowest BCUT2D eigenvalue weighted by atomic mass is 9.80. The standard InChI is InChI=1S/C21H32N2O5/c1-20(2,3)11-12-23-21(14-18(25)26,13-15-7-5-4-6-8-15)17(24)10-9-16(22)19(27)28/h4-8,16,23H,9-14,22H2,1-3H3,(H,25,26)(H,27,28)/t16?,21-/m1/s1. The van der Waals surface area contributed by atoms with Crippen molar-refractivity contribution in [3.8, 4) is 0 Å². The van der Waals surface area contributed by atoms with Crippen molar-refractivity contribution in [2.45, 2.75) is 64.5 Å². The molecule has 0 fully saturated rings. The maximum Gasteiger partial charge on any atom is 0.320 e. The van der Waals surface area contributed by atoms with Gasteiger partial charge in [0.1, 0.15) is 6.04 Å². The number of Topliss-reactive ketones (excluding diaryl/α,β-unsaturated/α-hetero) is 1. The second kappa shape index (κ2) is 10.3. The number of carboxylic acids is 2. The van der Waals surface area contributed by atoms with Crippen LogP contribution in [-0.2, 0) is 20.8 Å². The van der Waals surface area contributed by atoms with Crippen LogP contribution in [-0.4, -0.2) is 46.1 Å². The third kappa shape index (κ3) is 8.19. The first kappa shape index (κ1) is 23.8. The number of rotatable bonds is 12. The van der Waals surface area contributed by atoms with Crippen molar-refractivity contribution < 1.29 is 24.6 Å². The SMILES string of the molecule is CC(C)(C)CCN[C@@](CC(=O)O)(Cc1ccccc1)C(=O)CCC(N)C(=O)O. The van der Waals surface area contributed by atoms with Gasteiger partial charge in [-0.3, -0.25) is 14.4 Å². The van der Waals surface area contributed by atoms with Crippen LogP contribution in [0.5, 0.6) is 0 Å². The van der Waals surface area contributed by atoms with Crippen molar-refractivity contribution in [3.63, 3.8) is 0 Å². The summed E-state index contributed by atoms with van der Waals surface area (Å²) in [6.07, 6.45) is 0.449. The van der Waals surface area contributed by atoms with Crippen LogP contribution in [0, 0.1) is 5.41 Å². The molecule has 2 atom stereocenters. The second-order valence-corrected chi connectivity index (χ2v) is 8.46. The Balaban J connectivity index is 3.11. The highest BCUT2D eigenvalue weighted by Crippen LogP contribution is 2.24. The third-order valence-electron chi connectivity index (χ3n) is 4.67. The average molecular weight is 392 g/mol. The molecule has 0 aliphatic heterocycles. The highest BCUT2D eigenvalue weighted by Gasteiger charge is 2.40. The summed E-state index contributed by atoms with van der Waals surface area (Å²) in [6, 6.07) is 8.05. The normalized spacial score (nSPS) is 14.9. The van der Waals surface area contributed by atoms with Gasteiger partial charge in [0, 0.05) is 6.42 Å². The third-order valence-corrected chi connectivity index (χ3v) is 4.67. The zero-order valence-electron chi connectivity index (χ0n) is 16.9. The molecular weight excluding hydrogens is 360 g/mol. The second-order valence-electron chi connectivity index (χ2n) is 8.46. The van der Waals surface area contributed by atoms with Gasteiger partial charge in [0.25, 0.3) is 0 Å². The summed E-state index contributed by atoms with van der Waals surface area (Å²) >= 11 is 0. The number of nitrogens with two attached hydrogens (primary N) is 1. The molecule has 0 aliphatic rings. The molecule has 0 spiro atoms. The van der Waals surface area contributed by atoms with Crippen molar-refractivity contribution in [3.05, 3.63) is 35.9 Å². The first-order valence-corrected chi connectivity index (χ1v) is 9.48. The lowest BCUT2D eigenvalue weighted by molar-refractivity contribution is -0.143. The van der Waals surface area contributed by atoms with Gasteiger partial charge >= 0.3 is 11.9 Å². The maximum atomic E-state index is 13.1. The van der Waals surface area contributed by atoms with E-state index in [-0.39, 0.29) is 36.9 Å². The molecule has 0 bridgehead atoms. The summed E-state index contributed by atoms with van der Waals surface area (Å²) in [5.41, 5.74) is 5.08. The first-order chi connectivity index (χ1) is 12.9. The van der Waals surface area contributed by atoms with Crippen molar-refractivity contribution in [1.29, 1.82) is 0 Å². The van der Waals surface area contributed by atoms with Crippen molar-refractivity contribution >= 4 is 17.7 Å². The molecule has 28 heavy (non-hydrogen) atoms. The quantitative estimate of drug-likeness (QED) is 0.429. The molecule has 1 rings (SSSR count). The number of aliphatic carboxylic acids is 2. The van der Waals surface area contributed by atoms with Crippen LogP contribution in [0.15, 0.2) is 30.3 Å². The highest BCUT2D eigenvalue weighted by atomic mass is 16.4. The van der Waals surface area contributed by atoms with E-state index >= 15 is 0 Å². The van der Waals surface area contributed by atoms with Gasteiger partial charge in [-0.25, -0.2) is 0 Å². The molecule has 7 heteroatoms. The molecule has 1 aromatic rings. The number of carbonyl (C=O) groups is 3. The number of nitrogens with one attached hydrogen (secondary N) is 1. The van der Waals surface area contributed by atoms with Gasteiger partial charge in [0.05, 0.1) is 12.0 Å². The fourth-order valence-corrected chi connectivity index (χ4v) is 3.01. The summed E-state index contributed by atoms with van der Waals surface area (Å²) in [7, 11) is 0. The minimum absolute atomic E-state index is 0.0173. The highest BCUT2D eigenvalue weighted by molar-refractivity contribution is 5.93. The van der Waals surface area contributed by atoms with E-state index in [9.17, 15) is 19.5 Å². The molecule has 0 aromatic heterocycles. The molecule has 5 N–H and O–H groups in total. The number of benzene rings is 1. The fourth-order valence-electron chi connectivity index (χ4n) is 3.01. The zero-order chi connectivity index (χ0) is 21.4. The average Bonchev–Trinajstić information content (AvgIpc) is 2.58. The molecule has 0 saturated carbocycles. The molecule has 7 nitrogen and oxygen atoms in total. The largest absolute Gasteiger partial charge is 0.481 e. The summed E-state index contributed by atoms with van der Waals surface area (Å²) < 4.78 is 0. The summed E-state index contributed by atoms with van der Waals surface area (Å²) in [5.74, 6) is -2.60. The van der Waals surface area contributed by atoms with E-state index in [1.807, 2.05) is 30.3 Å². The van der Waals surface area contributed by atoms with Crippen LogP contribution < -0.4 is 11.1 Å². The van der Waals surface area contributed by atoms with Crippen LogP contribution in [0.3, 0.4) is 0 Å². The Bertz CT molecular complexity index is 669. The van der Waals surface area contributed by atoms with Gasteiger partial charge in [-0.05, 0) is 36.8 Å². The van der Waals surface area contributed by atoms with E-state index in [4.69, 9.17) is 10.8 Å². The van der Waals surface area contributed by atoms with E-state index in [1.165, 1.54) is 0 Å². The monoisotopic (exact) mass is 392 g/mol. The summed E-state index contributed by atoms with van der Waals surface area (Å²) in [4.78, 5) is 35.7. The van der Waals surface area contributed by atoms with Gasteiger partial charge in [-0.2, -0.15) is 0 Å². The van der Waals surface area contributed by atoms with Gasteiger partial charge in [-0.1, -0.05) is 51.1 Å². The van der Waals surface area contributed by atoms with Gasteiger partial charge in [0.15, 0.2) is 5.78 Å². The molecular formula is C21H32N2O5. The Morgan fingerprint density at radius 1 is 1.11 bits per heavy atom. The van der Waals surface area contributed by atoms with E-state index in [0.29, 0.717) is 6.54 Å². The maximum absolute atomic E-state index is 13.1. The zero-order valence-corrected chi connectivity index (χ0v) is 16.9. The Labute approximate surface area is 166 Å². The number of hydrogen-bond acceptors (Lipinski definition) is 5. The molecule has 156 valence electrons. The van der Waals surface area contributed by atoms with E-state index in [2.05, 4.69) is 26.1 Å². The van der Waals surface area contributed by atoms with Crippen molar-refractivity contribution in [2.75, 3.05) is 6.54 Å². The lowest BCUT2D eigenvalue weighted by Gasteiger charge is -2.34. The van der Waals surface area contributed by atoms with Gasteiger partial charge in [0.2, 0.25) is 0 Å². The van der Waals surface area contributed by atoms with E-state index < -0.39 is 23.5 Å². The number of carbonyl (C=O) groups excluding carboxylic acids is 1. The van der Waals surface area contributed by atoms with Crippen LogP contribution in [0.4, 0.5) is 0 Å². The molecule has 0 radical (unpaired) electrons. The van der Waals surface area contributed by atoms with Crippen LogP contribution in [0.25, 0.3) is 0 Å². The Hall–Kier alpha value is -2.25. The van der Waals surface area contributed by atoms with Crippen LogP contribution in [0.1, 0.15) is 52.0 Å². The molecule has 0 aliphatic carbocycles. The minimum Gasteiger partial charge on any atom is -0.481 e. The lowest BCUT2D eigenvalue weighted by Crippen LogP contribution is -2.56. The van der Waals surface area contributed by atoms with Gasteiger partial charge in [-0.15, -0.1) is 0 Å². The summed E-state index contributed by atoms with van der Waals surface area (Å²) in [5, 5.41) is 21.7. The van der Waals surface area contributed by atoms with Crippen LogP contribution in [0.2, 0.25) is 0 Å². The number of ketones is 1. The molecule has 0 amide bonds. The summed E-state index contributed by atoms with van der Waals surface area (Å²) in [6.45, 7) is 6.68. The Morgan fingerprint density at radius 2 is 1.71 bits per heavy atom. The predicted molar refractivity (Wildman–Crippen MR) is 107 cm³/mol. The van der Waals surface area contributed by atoms with E-state index in [1.54, 1.807) is 0 Å². The topological polar surface area (TPSA) is 130 Å². The molecule has 0 saturated heterocycles. The Kier molecular flexibility index (Phi) is 8.78. The van der Waals surface area contributed by atoms with Gasteiger partial charge < -0.3 is 21.3 Å². The van der Waals surface area contributed by atoms with Crippen molar-refractivity contribution in [1.82, 2.24) is 5.32 Å². The molecule has 1 unspecified atom stereocenters. The van der Waals surface area contributed by atoms with E-state index in [0.717, 1.165) is 12.0 Å². The smallest absolute Gasteiger partial charge is 0.320 e. The van der Waals surface area contributed by atoms with Crippen LogP contribution >= 0.6 is 0 Å².